The van der Waals surface area contributed by atoms with E-state index < -0.39 is 0 Å². The van der Waals surface area contributed by atoms with Crippen molar-refractivity contribution in [2.24, 2.45) is 0 Å². The lowest BCUT2D eigenvalue weighted by atomic mass is 10.2. The molecule has 3 rings (SSSR count). The Morgan fingerprint density at radius 3 is 2.46 bits per heavy atom. The molecule has 1 aromatic carbocycles. The van der Waals surface area contributed by atoms with Gasteiger partial charge in [-0.1, -0.05) is 11.6 Å². The summed E-state index contributed by atoms with van der Waals surface area (Å²) in [5, 5.41) is 0.692. The quantitative estimate of drug-likeness (QED) is 0.798. The minimum Gasteiger partial charge on any atom is -0.459 e. The van der Waals surface area contributed by atoms with Crippen molar-refractivity contribution in [3.63, 3.8) is 0 Å². The number of morpholine rings is 1. The molecular weight excluding hydrogens is 352 g/mol. The normalized spacial score (nSPS) is 20.9. The first-order valence-electron chi connectivity index (χ1n) is 8.87. The highest BCUT2D eigenvalue weighted by Crippen LogP contribution is 2.24. The van der Waals surface area contributed by atoms with Crippen molar-refractivity contribution in [1.29, 1.82) is 0 Å². The Bertz CT molecular complexity index is 734. The first-order valence-corrected chi connectivity index (χ1v) is 9.25. The van der Waals surface area contributed by atoms with Crippen molar-refractivity contribution in [3.05, 3.63) is 47.2 Å². The topological polar surface area (TPSA) is 45.9 Å². The molecule has 6 heteroatoms. The fraction of sp³-hybridized carbons (Fsp3) is 0.450. The van der Waals surface area contributed by atoms with Crippen LogP contribution < -0.4 is 0 Å². The number of carbonyl (C=O) groups excluding carboxylic acids is 1. The maximum atomic E-state index is 12.5. The average molecular weight is 377 g/mol. The van der Waals surface area contributed by atoms with Gasteiger partial charge in [-0.25, -0.2) is 0 Å². The Labute approximate surface area is 159 Å². The number of carbonyl (C=O) groups is 1. The van der Waals surface area contributed by atoms with E-state index in [4.69, 9.17) is 20.8 Å². The second-order valence-corrected chi connectivity index (χ2v) is 7.41. The predicted octanol–water partition coefficient (Wildman–Crippen LogP) is 3.67. The molecule has 2 aromatic rings. The summed E-state index contributed by atoms with van der Waals surface area (Å²) < 4.78 is 11.6. The molecule has 0 saturated carbocycles. The van der Waals surface area contributed by atoms with Crippen LogP contribution in [0.25, 0.3) is 11.3 Å². The molecule has 0 bridgehead atoms. The highest BCUT2D eigenvalue weighted by molar-refractivity contribution is 6.30. The molecule has 2 heterocycles. The van der Waals surface area contributed by atoms with Crippen molar-refractivity contribution >= 4 is 17.5 Å². The van der Waals surface area contributed by atoms with Crippen molar-refractivity contribution < 1.29 is 13.9 Å². The molecule has 1 aliphatic heterocycles. The predicted molar refractivity (Wildman–Crippen MR) is 102 cm³/mol. The number of hydrogen-bond acceptors (Lipinski definition) is 4. The zero-order valence-electron chi connectivity index (χ0n) is 15.4. The van der Waals surface area contributed by atoms with Crippen LogP contribution in [0.15, 0.2) is 40.8 Å². The largest absolute Gasteiger partial charge is 0.459 e. The van der Waals surface area contributed by atoms with E-state index in [0.29, 0.717) is 18.1 Å². The van der Waals surface area contributed by atoms with E-state index in [1.807, 2.05) is 50.2 Å². The number of rotatable bonds is 5. The molecule has 140 valence electrons. The molecule has 1 aliphatic rings. The molecule has 0 aliphatic carbocycles. The van der Waals surface area contributed by atoms with Crippen LogP contribution in [0.5, 0.6) is 0 Å². The van der Waals surface area contributed by atoms with Gasteiger partial charge in [-0.2, -0.15) is 0 Å². The molecule has 0 N–H and O–H groups in total. The zero-order chi connectivity index (χ0) is 18.7. The van der Waals surface area contributed by atoms with Crippen LogP contribution in [0.4, 0.5) is 0 Å². The van der Waals surface area contributed by atoms with Crippen LogP contribution >= 0.6 is 11.6 Å². The summed E-state index contributed by atoms with van der Waals surface area (Å²) in [5.41, 5.74) is 0.964. The number of amides is 1. The van der Waals surface area contributed by atoms with E-state index in [1.54, 1.807) is 11.9 Å². The molecule has 26 heavy (non-hydrogen) atoms. The van der Waals surface area contributed by atoms with Gasteiger partial charge in [0.05, 0.1) is 25.3 Å². The third kappa shape index (κ3) is 4.87. The van der Waals surface area contributed by atoms with E-state index in [2.05, 4.69) is 4.90 Å². The number of hydrogen-bond donors (Lipinski definition) is 0. The lowest BCUT2D eigenvalue weighted by molar-refractivity contribution is -0.135. The molecule has 5 nitrogen and oxygen atoms in total. The summed E-state index contributed by atoms with van der Waals surface area (Å²) in [6.45, 7) is 6.49. The standard InChI is InChI=1S/C20H25ClN2O3/c1-14-10-23(11-15(2)25-14)13-20(24)22(3)12-18-8-9-19(26-18)16-4-6-17(21)7-5-16/h4-9,14-15H,10-13H2,1-3H3/t14-,15-/m0/s1. The van der Waals surface area contributed by atoms with Gasteiger partial charge in [0.25, 0.3) is 0 Å². The Kier molecular flexibility index (Phi) is 6.01. The second-order valence-electron chi connectivity index (χ2n) is 6.97. The number of likely N-dealkylation sites (N-methyl/N-ethyl adjacent to an activating group) is 1. The molecule has 1 aromatic heterocycles. The van der Waals surface area contributed by atoms with Gasteiger partial charge in [-0.05, 0) is 50.2 Å². The van der Waals surface area contributed by atoms with E-state index >= 15 is 0 Å². The number of nitrogens with zero attached hydrogens (tertiary/aromatic N) is 2. The van der Waals surface area contributed by atoms with Crippen molar-refractivity contribution in [2.45, 2.75) is 32.6 Å². The lowest BCUT2D eigenvalue weighted by Gasteiger charge is -2.35. The fourth-order valence-electron chi connectivity index (χ4n) is 3.28. The maximum absolute atomic E-state index is 12.5. The summed E-state index contributed by atoms with van der Waals surface area (Å²) >= 11 is 5.92. The van der Waals surface area contributed by atoms with Crippen LogP contribution in [-0.2, 0) is 16.1 Å². The highest BCUT2D eigenvalue weighted by atomic mass is 35.5. The Morgan fingerprint density at radius 2 is 1.81 bits per heavy atom. The van der Waals surface area contributed by atoms with Crippen molar-refractivity contribution in [1.82, 2.24) is 9.80 Å². The SMILES string of the molecule is C[C@H]1CN(CC(=O)N(C)Cc2ccc(-c3ccc(Cl)cc3)o2)C[C@H](C)O1. The monoisotopic (exact) mass is 376 g/mol. The summed E-state index contributed by atoms with van der Waals surface area (Å²) in [6, 6.07) is 11.3. The number of ether oxygens (including phenoxy) is 1. The van der Waals surface area contributed by atoms with Gasteiger partial charge < -0.3 is 14.1 Å². The van der Waals surface area contributed by atoms with Crippen LogP contribution in [0.2, 0.25) is 5.02 Å². The average Bonchev–Trinajstić information content (AvgIpc) is 3.03. The van der Waals surface area contributed by atoms with Gasteiger partial charge in [0.15, 0.2) is 0 Å². The number of furan rings is 1. The molecule has 1 saturated heterocycles. The van der Waals surface area contributed by atoms with Crippen LogP contribution in [0.1, 0.15) is 19.6 Å². The molecule has 1 amide bonds. The third-order valence-corrected chi connectivity index (χ3v) is 4.72. The van der Waals surface area contributed by atoms with Gasteiger partial charge in [-0.3, -0.25) is 9.69 Å². The third-order valence-electron chi connectivity index (χ3n) is 4.46. The van der Waals surface area contributed by atoms with Gasteiger partial charge in [-0.15, -0.1) is 0 Å². The Hall–Kier alpha value is -1.82. The first-order chi connectivity index (χ1) is 12.4. The van der Waals surface area contributed by atoms with E-state index in [1.165, 1.54) is 0 Å². The minimum atomic E-state index is 0.0794. The fourth-order valence-corrected chi connectivity index (χ4v) is 3.41. The zero-order valence-corrected chi connectivity index (χ0v) is 16.2. The molecule has 2 atom stereocenters. The van der Waals surface area contributed by atoms with E-state index in [9.17, 15) is 4.79 Å². The molecular formula is C20H25ClN2O3. The molecule has 0 unspecified atom stereocenters. The summed E-state index contributed by atoms with van der Waals surface area (Å²) in [7, 11) is 1.81. The summed E-state index contributed by atoms with van der Waals surface area (Å²) in [5.74, 6) is 1.61. The Balaban J connectivity index is 1.56. The van der Waals surface area contributed by atoms with Gasteiger partial charge in [0.2, 0.25) is 5.91 Å². The van der Waals surface area contributed by atoms with Crippen molar-refractivity contribution in [2.75, 3.05) is 26.7 Å². The summed E-state index contributed by atoms with van der Waals surface area (Å²) in [4.78, 5) is 16.4. The number of benzene rings is 1. The highest BCUT2D eigenvalue weighted by Gasteiger charge is 2.25. The van der Waals surface area contributed by atoms with Crippen LogP contribution in [-0.4, -0.2) is 54.6 Å². The lowest BCUT2D eigenvalue weighted by Crippen LogP contribution is -2.49. The van der Waals surface area contributed by atoms with Crippen LogP contribution in [0.3, 0.4) is 0 Å². The Morgan fingerprint density at radius 1 is 1.15 bits per heavy atom. The smallest absolute Gasteiger partial charge is 0.236 e. The second kappa shape index (κ2) is 8.25. The van der Waals surface area contributed by atoms with Gasteiger partial charge in [0.1, 0.15) is 11.5 Å². The molecule has 1 fully saturated rings. The van der Waals surface area contributed by atoms with Crippen LogP contribution in [0, 0.1) is 0 Å². The first kappa shape index (κ1) is 19.0. The van der Waals surface area contributed by atoms with E-state index in [-0.39, 0.29) is 18.1 Å². The van der Waals surface area contributed by atoms with E-state index in [0.717, 1.165) is 30.2 Å². The number of halogens is 1. The maximum Gasteiger partial charge on any atom is 0.236 e. The summed E-state index contributed by atoms with van der Waals surface area (Å²) in [6.07, 6.45) is 0.313. The minimum absolute atomic E-state index is 0.0794. The molecule has 0 radical (unpaired) electrons. The van der Waals surface area contributed by atoms with Crippen molar-refractivity contribution in [3.8, 4) is 11.3 Å². The van der Waals surface area contributed by atoms with Gasteiger partial charge in [0, 0.05) is 30.7 Å². The van der Waals surface area contributed by atoms with Gasteiger partial charge >= 0.3 is 0 Å². The molecule has 0 spiro atoms.